The van der Waals surface area contributed by atoms with Crippen LogP contribution in [0.2, 0.25) is 0 Å². The number of nitrogens with zero attached hydrogens (tertiary/aromatic N) is 3. The largest absolute Gasteiger partial charge is 0.480 e. The Morgan fingerprint density at radius 3 is 1.68 bits per heavy atom. The quantitative estimate of drug-likeness (QED) is 0.697. The average Bonchev–Trinajstić information content (AvgIpc) is 2.50. The molecule has 0 amide bonds. The van der Waals surface area contributed by atoms with Crippen molar-refractivity contribution in [2.45, 2.75) is 32.7 Å². The Balaban J connectivity index is 2.71. The van der Waals surface area contributed by atoms with Crippen molar-refractivity contribution >= 4 is 11.9 Å². The van der Waals surface area contributed by atoms with E-state index in [9.17, 15) is 9.59 Å². The molecule has 1 heterocycles. The topological polar surface area (TPSA) is 84.3 Å². The molecule has 1 unspecified atom stereocenters. The van der Waals surface area contributed by atoms with E-state index in [-0.39, 0.29) is 13.1 Å². The molecule has 0 bridgehead atoms. The molecule has 0 aliphatic carbocycles. The van der Waals surface area contributed by atoms with Crippen LogP contribution in [-0.4, -0.2) is 95.3 Å². The number of hydrogen-bond donors (Lipinski definition) is 2. The molecule has 0 aromatic rings. The Morgan fingerprint density at radius 2 is 1.32 bits per heavy atom. The van der Waals surface area contributed by atoms with E-state index >= 15 is 0 Å². The molecule has 1 atom stereocenters. The fourth-order valence-electron chi connectivity index (χ4n) is 2.90. The monoisotopic (exact) mass is 315 g/mol. The van der Waals surface area contributed by atoms with E-state index in [1.54, 1.807) is 0 Å². The highest BCUT2D eigenvalue weighted by atomic mass is 16.4. The van der Waals surface area contributed by atoms with Gasteiger partial charge in [0.05, 0.1) is 13.1 Å². The van der Waals surface area contributed by atoms with E-state index in [2.05, 4.69) is 18.7 Å². The van der Waals surface area contributed by atoms with Gasteiger partial charge in [-0.05, 0) is 13.3 Å². The molecule has 1 aliphatic heterocycles. The summed E-state index contributed by atoms with van der Waals surface area (Å²) in [6.45, 7) is 8.62. The Morgan fingerprint density at radius 1 is 0.909 bits per heavy atom. The van der Waals surface area contributed by atoms with Crippen LogP contribution in [0.4, 0.5) is 0 Å². The lowest BCUT2D eigenvalue weighted by atomic mass is 10.1. The molecular formula is C15H29N3O4. The maximum Gasteiger partial charge on any atom is 0.317 e. The van der Waals surface area contributed by atoms with Crippen molar-refractivity contribution in [1.82, 2.24) is 14.7 Å². The van der Waals surface area contributed by atoms with Crippen LogP contribution >= 0.6 is 0 Å². The molecule has 1 rings (SSSR count). The smallest absolute Gasteiger partial charge is 0.317 e. The van der Waals surface area contributed by atoms with Crippen molar-refractivity contribution in [3.05, 3.63) is 0 Å². The Bertz CT molecular complexity index is 337. The summed E-state index contributed by atoms with van der Waals surface area (Å²) in [5.41, 5.74) is 0. The molecule has 1 fully saturated rings. The number of carboxylic acid groups (broad SMARTS) is 2. The average molecular weight is 315 g/mol. The van der Waals surface area contributed by atoms with Crippen molar-refractivity contribution < 1.29 is 19.8 Å². The van der Waals surface area contributed by atoms with Gasteiger partial charge in [-0.1, -0.05) is 13.3 Å². The lowest BCUT2D eigenvalue weighted by Crippen LogP contribution is -2.42. The maximum absolute atomic E-state index is 11.0. The van der Waals surface area contributed by atoms with Gasteiger partial charge in [0, 0.05) is 45.3 Å². The summed E-state index contributed by atoms with van der Waals surface area (Å²) < 4.78 is 0. The Labute approximate surface area is 132 Å². The maximum atomic E-state index is 11.0. The van der Waals surface area contributed by atoms with E-state index in [0.717, 1.165) is 25.9 Å². The highest BCUT2D eigenvalue weighted by molar-refractivity contribution is 5.69. The highest BCUT2D eigenvalue weighted by Crippen LogP contribution is 2.09. The first-order chi connectivity index (χ1) is 10.4. The second kappa shape index (κ2) is 9.76. The van der Waals surface area contributed by atoms with Gasteiger partial charge in [-0.15, -0.1) is 0 Å². The highest BCUT2D eigenvalue weighted by Gasteiger charge is 2.21. The normalized spacial score (nSPS) is 20.8. The zero-order valence-corrected chi connectivity index (χ0v) is 13.7. The molecule has 0 radical (unpaired) electrons. The van der Waals surface area contributed by atoms with Gasteiger partial charge in [-0.3, -0.25) is 24.3 Å². The van der Waals surface area contributed by atoms with Crippen LogP contribution in [0.1, 0.15) is 26.7 Å². The third kappa shape index (κ3) is 7.20. The number of hydrogen-bond acceptors (Lipinski definition) is 5. The van der Waals surface area contributed by atoms with Gasteiger partial charge in [0.15, 0.2) is 0 Å². The van der Waals surface area contributed by atoms with Crippen molar-refractivity contribution in [3.8, 4) is 0 Å². The molecule has 1 saturated heterocycles. The Kier molecular flexibility index (Phi) is 8.37. The molecule has 7 heteroatoms. The van der Waals surface area contributed by atoms with Crippen molar-refractivity contribution in [2.75, 3.05) is 52.4 Å². The first-order valence-electron chi connectivity index (χ1n) is 8.04. The van der Waals surface area contributed by atoms with E-state index in [1.807, 2.05) is 9.80 Å². The third-order valence-electron chi connectivity index (χ3n) is 4.19. The van der Waals surface area contributed by atoms with Gasteiger partial charge < -0.3 is 10.2 Å². The van der Waals surface area contributed by atoms with Crippen molar-refractivity contribution in [1.29, 1.82) is 0 Å². The van der Waals surface area contributed by atoms with Gasteiger partial charge >= 0.3 is 11.9 Å². The molecule has 0 saturated carbocycles. The van der Waals surface area contributed by atoms with E-state index in [0.29, 0.717) is 32.2 Å². The zero-order chi connectivity index (χ0) is 16.5. The van der Waals surface area contributed by atoms with Crippen LogP contribution in [0.3, 0.4) is 0 Å². The molecule has 0 spiro atoms. The summed E-state index contributed by atoms with van der Waals surface area (Å²) in [4.78, 5) is 28.1. The summed E-state index contributed by atoms with van der Waals surface area (Å²) in [5, 5.41) is 18.0. The summed E-state index contributed by atoms with van der Waals surface area (Å²) in [6.07, 6.45) is 2.20. The molecule has 7 nitrogen and oxygen atoms in total. The van der Waals surface area contributed by atoms with Crippen LogP contribution in [0, 0.1) is 0 Å². The molecule has 1 aliphatic rings. The zero-order valence-electron chi connectivity index (χ0n) is 13.7. The van der Waals surface area contributed by atoms with Crippen LogP contribution in [0.25, 0.3) is 0 Å². The van der Waals surface area contributed by atoms with Crippen LogP contribution in [0.15, 0.2) is 0 Å². The third-order valence-corrected chi connectivity index (χ3v) is 4.19. The molecule has 128 valence electrons. The Hall–Kier alpha value is -1.18. The van der Waals surface area contributed by atoms with E-state index in [1.165, 1.54) is 0 Å². The molecule has 2 N–H and O–H groups in total. The van der Waals surface area contributed by atoms with Crippen molar-refractivity contribution in [2.24, 2.45) is 0 Å². The summed E-state index contributed by atoms with van der Waals surface area (Å²) in [5.74, 6) is -1.67. The first-order valence-corrected chi connectivity index (χ1v) is 8.04. The van der Waals surface area contributed by atoms with Crippen LogP contribution in [-0.2, 0) is 9.59 Å². The van der Waals surface area contributed by atoms with Gasteiger partial charge in [-0.2, -0.15) is 0 Å². The fraction of sp³-hybridized carbons (Fsp3) is 0.867. The van der Waals surface area contributed by atoms with Gasteiger partial charge in [0.2, 0.25) is 0 Å². The number of carboxylic acids is 2. The number of aliphatic carboxylic acids is 2. The summed E-state index contributed by atoms with van der Waals surface area (Å²) in [6, 6.07) is 0.432. The number of carbonyl (C=O) groups is 2. The molecule has 0 aromatic heterocycles. The SMILES string of the molecule is CCCC(C)N1CCN(CC(=O)O)CCN(CC(=O)O)CC1. The van der Waals surface area contributed by atoms with Gasteiger partial charge in [-0.25, -0.2) is 0 Å². The standard InChI is InChI=1S/C15H29N3O4/c1-3-4-13(2)18-9-7-16(11-14(19)20)5-6-17(8-10-18)12-15(21)22/h13H,3-12H2,1-2H3,(H,19,20)(H,21,22). The van der Waals surface area contributed by atoms with Gasteiger partial charge in [0.25, 0.3) is 0 Å². The van der Waals surface area contributed by atoms with Gasteiger partial charge in [0.1, 0.15) is 0 Å². The lowest BCUT2D eigenvalue weighted by Gasteiger charge is -2.30. The summed E-state index contributed by atoms with van der Waals surface area (Å²) >= 11 is 0. The molecule has 22 heavy (non-hydrogen) atoms. The van der Waals surface area contributed by atoms with Crippen LogP contribution < -0.4 is 0 Å². The minimum Gasteiger partial charge on any atom is -0.480 e. The van der Waals surface area contributed by atoms with E-state index < -0.39 is 11.9 Å². The minimum absolute atomic E-state index is 0.0108. The second-order valence-corrected chi connectivity index (χ2v) is 6.01. The first kappa shape index (κ1) is 18.9. The number of rotatable bonds is 7. The second-order valence-electron chi connectivity index (χ2n) is 6.01. The lowest BCUT2D eigenvalue weighted by molar-refractivity contribution is -0.140. The summed E-state index contributed by atoms with van der Waals surface area (Å²) in [7, 11) is 0. The minimum atomic E-state index is -0.836. The van der Waals surface area contributed by atoms with Crippen LogP contribution in [0.5, 0.6) is 0 Å². The predicted octanol–water partition coefficient (Wildman–Crippen LogP) is 0.264. The predicted molar refractivity (Wildman–Crippen MR) is 84.1 cm³/mol. The molecular weight excluding hydrogens is 286 g/mol. The van der Waals surface area contributed by atoms with E-state index in [4.69, 9.17) is 10.2 Å². The molecule has 0 aromatic carbocycles. The van der Waals surface area contributed by atoms with Crippen molar-refractivity contribution in [3.63, 3.8) is 0 Å². The fourth-order valence-corrected chi connectivity index (χ4v) is 2.90.